The highest BCUT2D eigenvalue weighted by Crippen LogP contribution is 2.32. The second kappa shape index (κ2) is 7.56. The molecule has 0 unspecified atom stereocenters. The Hall–Kier alpha value is -2.23. The van der Waals surface area contributed by atoms with E-state index in [9.17, 15) is 9.18 Å². The number of benzene rings is 1. The maximum absolute atomic E-state index is 13.8. The number of nitrogens with one attached hydrogen (secondary N) is 1. The van der Waals surface area contributed by atoms with Crippen molar-refractivity contribution in [2.75, 3.05) is 11.9 Å². The number of amides is 1. The molecule has 9 heteroatoms. The lowest BCUT2D eigenvalue weighted by Gasteiger charge is -2.02. The van der Waals surface area contributed by atoms with Crippen LogP contribution in [-0.2, 0) is 16.0 Å². The average molecular weight is 390 g/mol. The molecule has 1 N–H and O–H groups in total. The zero-order valence-corrected chi connectivity index (χ0v) is 15.3. The maximum atomic E-state index is 13.8. The fourth-order valence-corrected chi connectivity index (χ4v) is 4.35. The Labute approximate surface area is 157 Å². The molecule has 3 heterocycles. The third-order valence-corrected chi connectivity index (χ3v) is 5.74. The molecule has 134 valence electrons. The van der Waals surface area contributed by atoms with E-state index in [1.165, 1.54) is 28.7 Å². The summed E-state index contributed by atoms with van der Waals surface area (Å²) in [6.45, 7) is 0.736. The van der Waals surface area contributed by atoms with E-state index in [4.69, 9.17) is 4.74 Å². The largest absolute Gasteiger partial charge is 0.371 e. The molecule has 2 aromatic heterocycles. The van der Waals surface area contributed by atoms with Crippen LogP contribution in [0.4, 0.5) is 9.52 Å². The van der Waals surface area contributed by atoms with Crippen molar-refractivity contribution in [1.29, 1.82) is 0 Å². The Morgan fingerprint density at radius 2 is 2.23 bits per heavy atom. The lowest BCUT2D eigenvalue weighted by atomic mass is 10.2. The van der Waals surface area contributed by atoms with E-state index < -0.39 is 0 Å². The molecule has 1 saturated heterocycles. The molecule has 0 spiro atoms. The number of aromatic nitrogens is 3. The van der Waals surface area contributed by atoms with E-state index in [2.05, 4.69) is 20.5 Å². The van der Waals surface area contributed by atoms with Crippen LogP contribution in [0.1, 0.15) is 29.6 Å². The van der Waals surface area contributed by atoms with Crippen molar-refractivity contribution in [2.24, 2.45) is 0 Å². The van der Waals surface area contributed by atoms with Gasteiger partial charge >= 0.3 is 0 Å². The van der Waals surface area contributed by atoms with Crippen molar-refractivity contribution in [3.8, 4) is 10.6 Å². The van der Waals surface area contributed by atoms with Crippen LogP contribution in [0.25, 0.3) is 10.6 Å². The first-order valence-electron chi connectivity index (χ1n) is 8.13. The second-order valence-electron chi connectivity index (χ2n) is 5.80. The Balaban J connectivity index is 1.39. The van der Waals surface area contributed by atoms with Crippen LogP contribution >= 0.6 is 22.7 Å². The van der Waals surface area contributed by atoms with Crippen molar-refractivity contribution >= 4 is 33.7 Å². The molecule has 0 bridgehead atoms. The molecule has 3 aromatic rings. The highest BCUT2D eigenvalue weighted by molar-refractivity contribution is 7.15. The monoisotopic (exact) mass is 390 g/mol. The van der Waals surface area contributed by atoms with E-state index in [1.807, 2.05) is 0 Å². The number of nitrogens with zero attached hydrogens (tertiary/aromatic N) is 3. The van der Waals surface area contributed by atoms with Gasteiger partial charge in [-0.2, -0.15) is 0 Å². The van der Waals surface area contributed by atoms with Gasteiger partial charge in [-0.05, 0) is 25.0 Å². The number of ether oxygens (including phenoxy) is 1. The van der Waals surface area contributed by atoms with Gasteiger partial charge in [-0.25, -0.2) is 9.37 Å². The zero-order valence-electron chi connectivity index (χ0n) is 13.6. The predicted octanol–water partition coefficient (Wildman–Crippen LogP) is 3.83. The van der Waals surface area contributed by atoms with Gasteiger partial charge in [0, 0.05) is 17.6 Å². The third-order valence-electron chi connectivity index (χ3n) is 3.89. The summed E-state index contributed by atoms with van der Waals surface area (Å²) in [6, 6.07) is 6.46. The van der Waals surface area contributed by atoms with Crippen molar-refractivity contribution in [1.82, 2.24) is 15.2 Å². The maximum Gasteiger partial charge on any atom is 0.232 e. The predicted molar refractivity (Wildman–Crippen MR) is 97.7 cm³/mol. The molecule has 26 heavy (non-hydrogen) atoms. The SMILES string of the molecule is O=C(Cc1csc(-c2ccccc2F)n1)Nc1nnc([C@H]2CCCO2)s1. The quantitative estimate of drug-likeness (QED) is 0.716. The summed E-state index contributed by atoms with van der Waals surface area (Å²) in [5.41, 5.74) is 1.03. The molecule has 0 saturated carbocycles. The van der Waals surface area contributed by atoms with Crippen molar-refractivity contribution in [3.63, 3.8) is 0 Å². The van der Waals surface area contributed by atoms with Gasteiger partial charge in [-0.3, -0.25) is 4.79 Å². The molecule has 4 rings (SSSR count). The Morgan fingerprint density at radius 3 is 3.04 bits per heavy atom. The molecule has 1 atom stereocenters. The number of hydrogen-bond donors (Lipinski definition) is 1. The first-order chi connectivity index (χ1) is 12.7. The first-order valence-corrected chi connectivity index (χ1v) is 9.83. The van der Waals surface area contributed by atoms with E-state index >= 15 is 0 Å². The van der Waals surface area contributed by atoms with Gasteiger partial charge in [0.1, 0.15) is 21.9 Å². The Kier molecular flexibility index (Phi) is 5.00. The van der Waals surface area contributed by atoms with Crippen LogP contribution in [0.15, 0.2) is 29.6 Å². The topological polar surface area (TPSA) is 77.0 Å². The lowest BCUT2D eigenvalue weighted by molar-refractivity contribution is -0.115. The van der Waals surface area contributed by atoms with E-state index in [1.54, 1.807) is 23.6 Å². The van der Waals surface area contributed by atoms with Crippen molar-refractivity contribution in [2.45, 2.75) is 25.4 Å². The molecule has 1 fully saturated rings. The summed E-state index contributed by atoms with van der Waals surface area (Å²) in [6.07, 6.45) is 2.03. The van der Waals surface area contributed by atoms with Gasteiger partial charge in [0.05, 0.1) is 12.1 Å². The van der Waals surface area contributed by atoms with Gasteiger partial charge in [0.25, 0.3) is 0 Å². The van der Waals surface area contributed by atoms with Gasteiger partial charge in [-0.1, -0.05) is 23.5 Å². The minimum absolute atomic E-state index is 0.0139. The summed E-state index contributed by atoms with van der Waals surface area (Å²) in [5, 5.41) is 14.4. The van der Waals surface area contributed by atoms with Gasteiger partial charge in [0.15, 0.2) is 0 Å². The van der Waals surface area contributed by atoms with Gasteiger partial charge < -0.3 is 10.1 Å². The van der Waals surface area contributed by atoms with E-state index in [0.717, 1.165) is 24.5 Å². The number of rotatable bonds is 5. The summed E-state index contributed by atoms with van der Waals surface area (Å²) in [4.78, 5) is 16.6. The smallest absolute Gasteiger partial charge is 0.232 e. The van der Waals surface area contributed by atoms with Crippen LogP contribution in [0.5, 0.6) is 0 Å². The highest BCUT2D eigenvalue weighted by Gasteiger charge is 2.22. The fourth-order valence-electron chi connectivity index (χ4n) is 2.66. The van der Waals surface area contributed by atoms with Crippen LogP contribution in [0, 0.1) is 5.82 Å². The van der Waals surface area contributed by atoms with Gasteiger partial charge in [-0.15, -0.1) is 21.5 Å². The second-order valence-corrected chi connectivity index (χ2v) is 7.66. The Morgan fingerprint density at radius 1 is 1.35 bits per heavy atom. The van der Waals surface area contributed by atoms with Gasteiger partial charge in [0.2, 0.25) is 11.0 Å². The molecule has 0 radical (unpaired) electrons. The third kappa shape index (κ3) is 3.79. The lowest BCUT2D eigenvalue weighted by Crippen LogP contribution is -2.14. The summed E-state index contributed by atoms with van der Waals surface area (Å²) >= 11 is 2.64. The first kappa shape index (κ1) is 17.2. The van der Waals surface area contributed by atoms with Crippen molar-refractivity contribution in [3.05, 3.63) is 46.2 Å². The summed E-state index contributed by atoms with van der Waals surface area (Å²) in [7, 11) is 0. The fraction of sp³-hybridized carbons (Fsp3) is 0.294. The average Bonchev–Trinajstić information content (AvgIpc) is 3.36. The normalized spacial score (nSPS) is 16.7. The van der Waals surface area contributed by atoms with Crippen LogP contribution < -0.4 is 5.32 Å². The minimum atomic E-state index is -0.326. The molecule has 1 amide bonds. The molecule has 1 aromatic carbocycles. The molecule has 6 nitrogen and oxygen atoms in total. The molecule has 1 aliphatic heterocycles. The number of carbonyl (C=O) groups excluding carboxylic acids is 1. The van der Waals surface area contributed by atoms with Crippen LogP contribution in [0.3, 0.4) is 0 Å². The van der Waals surface area contributed by atoms with Crippen LogP contribution in [-0.4, -0.2) is 27.7 Å². The summed E-state index contributed by atoms with van der Waals surface area (Å²) < 4.78 is 19.4. The van der Waals surface area contributed by atoms with Crippen LogP contribution in [0.2, 0.25) is 0 Å². The number of anilines is 1. The highest BCUT2D eigenvalue weighted by atomic mass is 32.1. The molecule has 1 aliphatic rings. The molecular formula is C17H15FN4O2S2. The molecular weight excluding hydrogens is 375 g/mol. The van der Waals surface area contributed by atoms with E-state index in [-0.39, 0.29) is 24.2 Å². The number of thiazole rings is 1. The standard InChI is InChI=1S/C17H15FN4O2S2/c18-12-5-2-1-4-11(12)15-19-10(9-25-15)8-14(23)20-17-22-21-16(26-17)13-6-3-7-24-13/h1-2,4-5,9,13H,3,6-8H2,(H,20,22,23)/t13-/m1/s1. The number of hydrogen-bond acceptors (Lipinski definition) is 7. The molecule has 0 aliphatic carbocycles. The number of halogens is 1. The number of carbonyl (C=O) groups is 1. The summed E-state index contributed by atoms with van der Waals surface area (Å²) in [5.74, 6) is -0.557. The van der Waals surface area contributed by atoms with Crippen molar-refractivity contribution < 1.29 is 13.9 Å². The van der Waals surface area contributed by atoms with E-state index in [0.29, 0.717) is 21.4 Å². The Bertz CT molecular complexity index is 921. The zero-order chi connectivity index (χ0) is 17.9. The minimum Gasteiger partial charge on any atom is -0.371 e.